The van der Waals surface area contributed by atoms with Crippen LogP contribution in [0.4, 0.5) is 17.1 Å². The van der Waals surface area contributed by atoms with Crippen molar-refractivity contribution in [2.75, 3.05) is 29.0 Å². The Hall–Kier alpha value is -2.49. The average molecular weight is 309 g/mol. The zero-order valence-corrected chi connectivity index (χ0v) is 13.5. The summed E-state index contributed by atoms with van der Waals surface area (Å²) >= 11 is 0. The number of nitrogen functional groups attached to an aromatic ring is 1. The highest BCUT2D eigenvalue weighted by Crippen LogP contribution is 2.31. The van der Waals surface area contributed by atoms with Crippen molar-refractivity contribution in [3.63, 3.8) is 0 Å². The Morgan fingerprint density at radius 3 is 2.87 bits per heavy atom. The van der Waals surface area contributed by atoms with Gasteiger partial charge in [0.2, 0.25) is 5.91 Å². The minimum Gasteiger partial charge on any atom is -0.398 e. The number of nitrogens with two attached hydrogens (primary N) is 1. The largest absolute Gasteiger partial charge is 0.398 e. The smallest absolute Gasteiger partial charge is 0.228 e. The lowest BCUT2D eigenvalue weighted by atomic mass is 9.99. The maximum Gasteiger partial charge on any atom is 0.228 e. The molecule has 2 aromatic rings. The summed E-state index contributed by atoms with van der Waals surface area (Å²) in [5.74, 6) is 0.151. The van der Waals surface area contributed by atoms with Crippen LogP contribution in [0.25, 0.3) is 0 Å². The second-order valence-electron chi connectivity index (χ2n) is 5.99. The van der Waals surface area contributed by atoms with Crippen LogP contribution in [0, 0.1) is 6.92 Å². The minimum atomic E-state index is 0.151. The van der Waals surface area contributed by atoms with Gasteiger partial charge in [-0.15, -0.1) is 0 Å². The first-order chi connectivity index (χ1) is 11.2. The lowest BCUT2D eigenvalue weighted by Gasteiger charge is -2.30. The van der Waals surface area contributed by atoms with Gasteiger partial charge in [-0.05, 0) is 49.1 Å². The van der Waals surface area contributed by atoms with Crippen LogP contribution in [-0.2, 0) is 11.2 Å². The number of hydrogen-bond donors (Lipinski definition) is 2. The molecule has 0 aliphatic carbocycles. The molecule has 0 spiro atoms. The first-order valence-electron chi connectivity index (χ1n) is 8.14. The van der Waals surface area contributed by atoms with Gasteiger partial charge >= 0.3 is 0 Å². The maximum absolute atomic E-state index is 12.6. The van der Waals surface area contributed by atoms with E-state index in [2.05, 4.69) is 18.3 Å². The van der Waals surface area contributed by atoms with Gasteiger partial charge in [-0.1, -0.05) is 24.3 Å². The average Bonchev–Trinajstić information content (AvgIpc) is 2.56. The third kappa shape index (κ3) is 3.31. The lowest BCUT2D eigenvalue weighted by molar-refractivity contribution is -0.118. The zero-order chi connectivity index (χ0) is 16.2. The summed E-state index contributed by atoms with van der Waals surface area (Å²) in [4.78, 5) is 14.5. The molecule has 4 heteroatoms. The molecule has 3 N–H and O–H groups in total. The zero-order valence-electron chi connectivity index (χ0n) is 13.5. The second-order valence-corrected chi connectivity index (χ2v) is 5.99. The fourth-order valence-electron chi connectivity index (χ4n) is 3.12. The number of hydrogen-bond acceptors (Lipinski definition) is 3. The highest BCUT2D eigenvalue weighted by molar-refractivity contribution is 5.95. The first kappa shape index (κ1) is 15.4. The normalized spacial score (nSPS) is 13.5. The Balaban J connectivity index is 1.64. The number of benzene rings is 2. The Morgan fingerprint density at radius 1 is 1.22 bits per heavy atom. The molecule has 23 heavy (non-hydrogen) atoms. The predicted molar refractivity (Wildman–Crippen MR) is 95.8 cm³/mol. The standard InChI is InChI=1S/C19H23N3O/c1-14-6-2-3-9-17(14)21-12-11-19(23)22-13-5-7-15-16(20)8-4-10-18(15)22/h2-4,6,8-10,21H,5,7,11-13,20H2,1H3. The van der Waals surface area contributed by atoms with E-state index in [0.29, 0.717) is 13.0 Å². The molecule has 0 aromatic heterocycles. The van der Waals surface area contributed by atoms with E-state index in [-0.39, 0.29) is 5.91 Å². The second kappa shape index (κ2) is 6.73. The molecule has 1 amide bonds. The molecule has 120 valence electrons. The molecule has 0 saturated carbocycles. The van der Waals surface area contributed by atoms with E-state index in [0.717, 1.165) is 42.0 Å². The van der Waals surface area contributed by atoms with Gasteiger partial charge < -0.3 is 16.0 Å². The van der Waals surface area contributed by atoms with Crippen molar-refractivity contribution in [1.29, 1.82) is 0 Å². The Kier molecular flexibility index (Phi) is 4.51. The van der Waals surface area contributed by atoms with Gasteiger partial charge in [0.05, 0.1) is 0 Å². The molecule has 3 rings (SSSR count). The molecule has 0 fully saturated rings. The molecule has 0 saturated heterocycles. The molecule has 4 nitrogen and oxygen atoms in total. The number of aryl methyl sites for hydroxylation is 1. The molecule has 0 unspecified atom stereocenters. The monoisotopic (exact) mass is 309 g/mol. The van der Waals surface area contributed by atoms with Gasteiger partial charge in [0.15, 0.2) is 0 Å². The fourth-order valence-corrected chi connectivity index (χ4v) is 3.12. The molecule has 0 atom stereocenters. The molecular weight excluding hydrogens is 286 g/mol. The molecule has 1 heterocycles. The number of amides is 1. The molecule has 0 bridgehead atoms. The minimum absolute atomic E-state index is 0.151. The summed E-state index contributed by atoms with van der Waals surface area (Å²) in [6.45, 7) is 3.48. The maximum atomic E-state index is 12.6. The highest BCUT2D eigenvalue weighted by atomic mass is 16.2. The molecule has 1 aliphatic rings. The van der Waals surface area contributed by atoms with Crippen LogP contribution in [0.15, 0.2) is 42.5 Å². The van der Waals surface area contributed by atoms with Crippen LogP contribution in [0.5, 0.6) is 0 Å². The van der Waals surface area contributed by atoms with E-state index in [9.17, 15) is 4.79 Å². The SMILES string of the molecule is Cc1ccccc1NCCC(=O)N1CCCc2c(N)cccc21. The van der Waals surface area contributed by atoms with E-state index < -0.39 is 0 Å². The van der Waals surface area contributed by atoms with Crippen molar-refractivity contribution in [3.05, 3.63) is 53.6 Å². The van der Waals surface area contributed by atoms with Crippen LogP contribution in [0.3, 0.4) is 0 Å². The van der Waals surface area contributed by atoms with Crippen molar-refractivity contribution in [3.8, 4) is 0 Å². The van der Waals surface area contributed by atoms with Crippen LogP contribution < -0.4 is 16.0 Å². The molecule has 0 radical (unpaired) electrons. The number of nitrogens with one attached hydrogen (secondary N) is 1. The summed E-state index contributed by atoms with van der Waals surface area (Å²) < 4.78 is 0. The van der Waals surface area contributed by atoms with Gasteiger partial charge in [-0.25, -0.2) is 0 Å². The van der Waals surface area contributed by atoms with Crippen LogP contribution in [-0.4, -0.2) is 19.0 Å². The van der Waals surface area contributed by atoms with Gasteiger partial charge in [0, 0.05) is 36.6 Å². The molecule has 1 aliphatic heterocycles. The number of carbonyl (C=O) groups excluding carboxylic acids is 1. The number of nitrogens with zero attached hydrogens (tertiary/aromatic N) is 1. The first-order valence-corrected chi connectivity index (χ1v) is 8.14. The van der Waals surface area contributed by atoms with Crippen molar-refractivity contribution in [2.45, 2.75) is 26.2 Å². The highest BCUT2D eigenvalue weighted by Gasteiger charge is 2.23. The van der Waals surface area contributed by atoms with Crippen LogP contribution in [0.1, 0.15) is 24.0 Å². The van der Waals surface area contributed by atoms with E-state index >= 15 is 0 Å². The van der Waals surface area contributed by atoms with Crippen molar-refractivity contribution < 1.29 is 4.79 Å². The third-order valence-corrected chi connectivity index (χ3v) is 4.39. The van der Waals surface area contributed by atoms with Gasteiger partial charge in [0.1, 0.15) is 0 Å². The number of para-hydroxylation sites is 1. The summed E-state index contributed by atoms with van der Waals surface area (Å²) in [6, 6.07) is 13.9. The van der Waals surface area contributed by atoms with Crippen molar-refractivity contribution in [2.24, 2.45) is 0 Å². The summed E-state index contributed by atoms with van der Waals surface area (Å²) in [6.07, 6.45) is 2.40. The number of carbonyl (C=O) groups is 1. The van der Waals surface area contributed by atoms with E-state index in [1.807, 2.05) is 41.3 Å². The Labute approximate surface area is 137 Å². The molecule has 2 aromatic carbocycles. The Morgan fingerprint density at radius 2 is 2.04 bits per heavy atom. The number of anilines is 3. The third-order valence-electron chi connectivity index (χ3n) is 4.39. The predicted octanol–water partition coefficient (Wildman–Crippen LogP) is 3.36. The molecular formula is C19H23N3O. The van der Waals surface area contributed by atoms with Crippen molar-refractivity contribution in [1.82, 2.24) is 0 Å². The Bertz CT molecular complexity index is 712. The number of fused-ring (bicyclic) bond motifs is 1. The summed E-state index contributed by atoms with van der Waals surface area (Å²) in [5, 5.41) is 3.35. The van der Waals surface area contributed by atoms with E-state index in [4.69, 9.17) is 5.73 Å². The topological polar surface area (TPSA) is 58.4 Å². The van der Waals surface area contributed by atoms with Gasteiger partial charge in [-0.2, -0.15) is 0 Å². The van der Waals surface area contributed by atoms with E-state index in [1.54, 1.807) is 0 Å². The summed E-state index contributed by atoms with van der Waals surface area (Å²) in [7, 11) is 0. The lowest BCUT2D eigenvalue weighted by Crippen LogP contribution is -2.36. The van der Waals surface area contributed by atoms with Gasteiger partial charge in [-0.3, -0.25) is 4.79 Å². The van der Waals surface area contributed by atoms with Crippen LogP contribution >= 0.6 is 0 Å². The van der Waals surface area contributed by atoms with Crippen LogP contribution in [0.2, 0.25) is 0 Å². The van der Waals surface area contributed by atoms with Gasteiger partial charge in [0.25, 0.3) is 0 Å². The van der Waals surface area contributed by atoms with E-state index in [1.165, 1.54) is 5.56 Å². The summed E-state index contributed by atoms with van der Waals surface area (Å²) in [5.41, 5.74) is 11.2. The number of rotatable bonds is 4. The quantitative estimate of drug-likeness (QED) is 0.851. The van der Waals surface area contributed by atoms with Crippen molar-refractivity contribution >= 4 is 23.0 Å². The fraction of sp³-hybridized carbons (Fsp3) is 0.316.